The molecule has 2 heterocycles. The number of aromatic nitrogens is 1. The third-order valence-electron chi connectivity index (χ3n) is 5.18. The normalized spacial score (nSPS) is 14.3. The minimum Gasteiger partial charge on any atom is -0.350 e. The molecular formula is C26H22N4O4S. The van der Waals surface area contributed by atoms with Crippen LogP contribution in [0, 0.1) is 6.92 Å². The number of amides is 4. The number of hydrogen-bond donors (Lipinski definition) is 2. The molecule has 1 fully saturated rings. The zero-order valence-electron chi connectivity index (χ0n) is 18.9. The van der Waals surface area contributed by atoms with Crippen LogP contribution in [0.25, 0.3) is 6.08 Å². The molecule has 0 bridgehead atoms. The van der Waals surface area contributed by atoms with Crippen LogP contribution in [-0.4, -0.2) is 45.9 Å². The minimum atomic E-state index is -0.385. The third kappa shape index (κ3) is 6.01. The van der Waals surface area contributed by atoms with E-state index in [4.69, 9.17) is 0 Å². The Hall–Kier alpha value is -4.24. The number of benzene rings is 2. The average molecular weight is 487 g/mol. The Balaban J connectivity index is 1.32. The van der Waals surface area contributed by atoms with Crippen molar-refractivity contribution in [3.63, 3.8) is 0 Å². The largest absolute Gasteiger partial charge is 0.350 e. The molecule has 8 nitrogen and oxygen atoms in total. The number of hydrogen-bond acceptors (Lipinski definition) is 6. The van der Waals surface area contributed by atoms with Crippen LogP contribution < -0.4 is 10.6 Å². The lowest BCUT2D eigenvalue weighted by atomic mass is 10.1. The Bertz CT molecular complexity index is 1310. The Morgan fingerprint density at radius 2 is 1.77 bits per heavy atom. The van der Waals surface area contributed by atoms with Crippen molar-refractivity contribution in [2.24, 2.45) is 0 Å². The molecule has 2 aromatic carbocycles. The van der Waals surface area contributed by atoms with Gasteiger partial charge in [0.05, 0.1) is 10.5 Å². The number of pyridine rings is 1. The summed E-state index contributed by atoms with van der Waals surface area (Å²) in [6.45, 7) is 2.13. The molecule has 4 rings (SSSR count). The summed E-state index contributed by atoms with van der Waals surface area (Å²) in [5.74, 6) is -1.10. The van der Waals surface area contributed by atoms with E-state index in [1.54, 1.807) is 48.7 Å². The van der Waals surface area contributed by atoms with Gasteiger partial charge in [0.1, 0.15) is 0 Å². The molecule has 4 amide bonds. The van der Waals surface area contributed by atoms with E-state index in [0.29, 0.717) is 21.7 Å². The molecule has 1 aromatic heterocycles. The molecule has 1 aliphatic rings. The molecule has 1 aliphatic heterocycles. The Kier molecular flexibility index (Phi) is 7.37. The van der Waals surface area contributed by atoms with Crippen LogP contribution in [0.3, 0.4) is 0 Å². The van der Waals surface area contributed by atoms with Crippen molar-refractivity contribution in [1.29, 1.82) is 0 Å². The minimum absolute atomic E-state index is 0.0546. The monoisotopic (exact) mass is 486 g/mol. The van der Waals surface area contributed by atoms with Gasteiger partial charge in [-0.05, 0) is 60.7 Å². The molecule has 9 heteroatoms. The van der Waals surface area contributed by atoms with Crippen molar-refractivity contribution in [3.05, 3.63) is 100 Å². The number of carbonyl (C=O) groups excluding carboxylic acids is 4. The smallest absolute Gasteiger partial charge is 0.293 e. The van der Waals surface area contributed by atoms with Gasteiger partial charge in [0, 0.05) is 36.7 Å². The SMILES string of the molecule is Cc1ccc(/C=C2\SC(=O)N(CCNC(=O)c3cccc(NC(=O)c4cccnc4)c3)C2=O)cc1. The summed E-state index contributed by atoms with van der Waals surface area (Å²) in [5.41, 5.74) is 3.13. The van der Waals surface area contributed by atoms with Gasteiger partial charge < -0.3 is 10.6 Å². The zero-order valence-corrected chi connectivity index (χ0v) is 19.7. The molecule has 176 valence electrons. The van der Waals surface area contributed by atoms with Gasteiger partial charge in [-0.15, -0.1) is 0 Å². The highest BCUT2D eigenvalue weighted by Crippen LogP contribution is 2.31. The number of imide groups is 1. The van der Waals surface area contributed by atoms with E-state index >= 15 is 0 Å². The molecule has 0 aliphatic carbocycles. The Morgan fingerprint density at radius 1 is 1.00 bits per heavy atom. The number of anilines is 1. The highest BCUT2D eigenvalue weighted by Gasteiger charge is 2.34. The van der Waals surface area contributed by atoms with E-state index in [1.165, 1.54) is 6.20 Å². The third-order valence-corrected chi connectivity index (χ3v) is 6.08. The molecule has 0 saturated carbocycles. The molecule has 0 radical (unpaired) electrons. The molecule has 2 N–H and O–H groups in total. The van der Waals surface area contributed by atoms with Crippen molar-refractivity contribution < 1.29 is 19.2 Å². The molecular weight excluding hydrogens is 464 g/mol. The van der Waals surface area contributed by atoms with Crippen LogP contribution >= 0.6 is 11.8 Å². The second-order valence-corrected chi connectivity index (χ2v) is 8.77. The number of rotatable bonds is 7. The Labute approximate surface area is 206 Å². The maximum Gasteiger partial charge on any atom is 0.293 e. The van der Waals surface area contributed by atoms with E-state index in [-0.39, 0.29) is 36.1 Å². The van der Waals surface area contributed by atoms with Gasteiger partial charge in [-0.3, -0.25) is 29.1 Å². The van der Waals surface area contributed by atoms with Crippen molar-refractivity contribution in [3.8, 4) is 0 Å². The van der Waals surface area contributed by atoms with Gasteiger partial charge in [0.15, 0.2) is 0 Å². The molecule has 0 unspecified atom stereocenters. The summed E-state index contributed by atoms with van der Waals surface area (Å²) < 4.78 is 0. The van der Waals surface area contributed by atoms with Gasteiger partial charge in [-0.25, -0.2) is 0 Å². The molecule has 0 spiro atoms. The zero-order chi connectivity index (χ0) is 24.8. The van der Waals surface area contributed by atoms with Crippen LogP contribution in [-0.2, 0) is 4.79 Å². The van der Waals surface area contributed by atoms with E-state index < -0.39 is 0 Å². The maximum atomic E-state index is 12.7. The van der Waals surface area contributed by atoms with Gasteiger partial charge in [-0.2, -0.15) is 0 Å². The number of carbonyl (C=O) groups is 4. The first kappa shape index (κ1) is 23.9. The lowest BCUT2D eigenvalue weighted by molar-refractivity contribution is -0.122. The van der Waals surface area contributed by atoms with E-state index in [1.807, 2.05) is 31.2 Å². The predicted molar refractivity (Wildman–Crippen MR) is 135 cm³/mol. The van der Waals surface area contributed by atoms with Gasteiger partial charge in [-0.1, -0.05) is 35.9 Å². The summed E-state index contributed by atoms with van der Waals surface area (Å²) >= 11 is 0.883. The first-order chi connectivity index (χ1) is 16.9. The lowest BCUT2D eigenvalue weighted by Gasteiger charge is -2.13. The van der Waals surface area contributed by atoms with E-state index in [9.17, 15) is 19.2 Å². The molecule has 0 atom stereocenters. The fraction of sp³-hybridized carbons (Fsp3) is 0.115. The lowest BCUT2D eigenvalue weighted by Crippen LogP contribution is -2.37. The van der Waals surface area contributed by atoms with E-state index in [0.717, 1.165) is 27.8 Å². The summed E-state index contributed by atoms with van der Waals surface area (Å²) in [6, 6.07) is 17.4. The first-order valence-corrected chi connectivity index (χ1v) is 11.6. The Morgan fingerprint density at radius 3 is 2.51 bits per heavy atom. The second-order valence-electron chi connectivity index (χ2n) is 7.78. The van der Waals surface area contributed by atoms with Gasteiger partial charge in [0.25, 0.3) is 23.0 Å². The molecule has 35 heavy (non-hydrogen) atoms. The van der Waals surface area contributed by atoms with Crippen LogP contribution in [0.5, 0.6) is 0 Å². The predicted octanol–water partition coefficient (Wildman–Crippen LogP) is 4.11. The van der Waals surface area contributed by atoms with Crippen molar-refractivity contribution in [2.45, 2.75) is 6.92 Å². The highest BCUT2D eigenvalue weighted by atomic mass is 32.2. The number of nitrogens with zero attached hydrogens (tertiary/aromatic N) is 2. The van der Waals surface area contributed by atoms with Crippen molar-refractivity contribution in [1.82, 2.24) is 15.2 Å². The maximum absolute atomic E-state index is 12.7. The number of thioether (sulfide) groups is 1. The average Bonchev–Trinajstić information content (AvgIpc) is 3.13. The van der Waals surface area contributed by atoms with Crippen LogP contribution in [0.4, 0.5) is 10.5 Å². The van der Waals surface area contributed by atoms with E-state index in [2.05, 4.69) is 15.6 Å². The number of aryl methyl sites for hydroxylation is 1. The fourth-order valence-electron chi connectivity index (χ4n) is 3.33. The van der Waals surface area contributed by atoms with Crippen LogP contribution in [0.1, 0.15) is 31.8 Å². The summed E-state index contributed by atoms with van der Waals surface area (Å²) in [4.78, 5) is 55.3. The molecule has 1 saturated heterocycles. The summed E-state index contributed by atoms with van der Waals surface area (Å²) in [5, 5.41) is 5.07. The highest BCUT2D eigenvalue weighted by molar-refractivity contribution is 8.18. The van der Waals surface area contributed by atoms with Gasteiger partial charge >= 0.3 is 0 Å². The van der Waals surface area contributed by atoms with Crippen LogP contribution in [0.15, 0.2) is 78.0 Å². The van der Waals surface area contributed by atoms with Crippen molar-refractivity contribution >= 4 is 46.5 Å². The van der Waals surface area contributed by atoms with Crippen molar-refractivity contribution in [2.75, 3.05) is 18.4 Å². The topological polar surface area (TPSA) is 108 Å². The van der Waals surface area contributed by atoms with Crippen LogP contribution in [0.2, 0.25) is 0 Å². The first-order valence-electron chi connectivity index (χ1n) is 10.8. The fourth-order valence-corrected chi connectivity index (χ4v) is 4.19. The standard InChI is InChI=1S/C26H22N4O4S/c1-17-7-9-18(10-8-17)14-22-25(33)30(26(34)35-22)13-12-28-23(31)19-4-2-6-21(15-19)29-24(32)20-5-3-11-27-16-20/h2-11,14-16H,12-13H2,1H3,(H,28,31)(H,29,32)/b22-14-. The summed E-state index contributed by atoms with van der Waals surface area (Å²) in [6.07, 6.45) is 4.71. The summed E-state index contributed by atoms with van der Waals surface area (Å²) in [7, 11) is 0. The molecule has 3 aromatic rings. The quantitative estimate of drug-likeness (QED) is 0.487. The van der Waals surface area contributed by atoms with Gasteiger partial charge in [0.2, 0.25) is 0 Å². The number of nitrogens with one attached hydrogen (secondary N) is 2. The second kappa shape index (κ2) is 10.8.